The zero-order chi connectivity index (χ0) is 21.3. The molecular formula is C22H25Cl2N3O3. The number of ether oxygens (including phenoxy) is 1. The van der Waals surface area contributed by atoms with Gasteiger partial charge in [0, 0.05) is 48.3 Å². The summed E-state index contributed by atoms with van der Waals surface area (Å²) >= 11 is 11.7. The van der Waals surface area contributed by atoms with E-state index in [1.807, 2.05) is 17.0 Å². The van der Waals surface area contributed by atoms with Crippen molar-refractivity contribution in [1.82, 2.24) is 9.80 Å². The minimum Gasteiger partial charge on any atom is -0.494 e. The molecule has 0 spiro atoms. The van der Waals surface area contributed by atoms with Crippen molar-refractivity contribution in [2.24, 2.45) is 0 Å². The molecule has 0 radical (unpaired) electrons. The highest BCUT2D eigenvalue weighted by Gasteiger charge is 2.21. The number of carbonyl (C=O) groups is 2. The quantitative estimate of drug-likeness (QED) is 0.636. The number of urea groups is 1. The van der Waals surface area contributed by atoms with Gasteiger partial charge in [-0.3, -0.25) is 4.79 Å². The Morgan fingerprint density at radius 1 is 0.867 bits per heavy atom. The number of carbonyl (C=O) groups excluding carboxylic acids is 2. The van der Waals surface area contributed by atoms with Crippen LogP contribution < -0.4 is 10.1 Å². The van der Waals surface area contributed by atoms with Gasteiger partial charge < -0.3 is 19.9 Å². The molecule has 0 aromatic heterocycles. The molecular weight excluding hydrogens is 425 g/mol. The molecule has 160 valence electrons. The molecule has 0 bridgehead atoms. The SMILES string of the molecule is O=C(CCCOc1ccc(Cl)cc1)N1CCCN(C(=O)Nc2ccc(Cl)cc2)CC1. The van der Waals surface area contributed by atoms with Gasteiger partial charge in [-0.1, -0.05) is 23.2 Å². The maximum Gasteiger partial charge on any atom is 0.321 e. The Morgan fingerprint density at radius 3 is 2.17 bits per heavy atom. The van der Waals surface area contributed by atoms with E-state index in [2.05, 4.69) is 5.32 Å². The molecule has 0 unspecified atom stereocenters. The van der Waals surface area contributed by atoms with Crippen LogP contribution in [-0.4, -0.2) is 54.5 Å². The first kappa shape index (κ1) is 22.2. The monoisotopic (exact) mass is 449 g/mol. The van der Waals surface area contributed by atoms with E-state index in [1.165, 1.54) is 0 Å². The minimum absolute atomic E-state index is 0.0923. The molecule has 1 saturated heterocycles. The maximum absolute atomic E-state index is 12.5. The topological polar surface area (TPSA) is 61.9 Å². The summed E-state index contributed by atoms with van der Waals surface area (Å²) in [4.78, 5) is 28.6. The third kappa shape index (κ3) is 6.82. The lowest BCUT2D eigenvalue weighted by Crippen LogP contribution is -2.39. The zero-order valence-corrected chi connectivity index (χ0v) is 18.2. The third-order valence-corrected chi connectivity index (χ3v) is 5.35. The van der Waals surface area contributed by atoms with E-state index in [4.69, 9.17) is 27.9 Å². The summed E-state index contributed by atoms with van der Waals surface area (Å²) in [6.45, 7) is 2.78. The lowest BCUT2D eigenvalue weighted by Gasteiger charge is -2.22. The van der Waals surface area contributed by atoms with Crippen molar-refractivity contribution < 1.29 is 14.3 Å². The zero-order valence-electron chi connectivity index (χ0n) is 16.7. The fourth-order valence-corrected chi connectivity index (χ4v) is 3.46. The Labute approximate surface area is 186 Å². The van der Waals surface area contributed by atoms with Crippen molar-refractivity contribution in [2.75, 3.05) is 38.1 Å². The number of nitrogens with one attached hydrogen (secondary N) is 1. The second kappa shape index (κ2) is 11.1. The van der Waals surface area contributed by atoms with E-state index in [1.54, 1.807) is 41.3 Å². The molecule has 2 aromatic carbocycles. The first-order valence-corrected chi connectivity index (χ1v) is 10.7. The Hall–Kier alpha value is -2.44. The van der Waals surface area contributed by atoms with E-state index >= 15 is 0 Å². The summed E-state index contributed by atoms with van der Waals surface area (Å²) < 4.78 is 5.64. The summed E-state index contributed by atoms with van der Waals surface area (Å²) in [6.07, 6.45) is 1.81. The number of anilines is 1. The predicted molar refractivity (Wildman–Crippen MR) is 119 cm³/mol. The van der Waals surface area contributed by atoms with Crippen LogP contribution in [0.5, 0.6) is 5.75 Å². The number of benzene rings is 2. The number of nitrogens with zero attached hydrogens (tertiary/aromatic N) is 2. The Morgan fingerprint density at radius 2 is 1.47 bits per heavy atom. The molecule has 8 heteroatoms. The average molecular weight is 450 g/mol. The smallest absolute Gasteiger partial charge is 0.321 e. The van der Waals surface area contributed by atoms with E-state index in [9.17, 15) is 9.59 Å². The van der Waals surface area contributed by atoms with Crippen LogP contribution in [0.4, 0.5) is 10.5 Å². The normalized spacial score (nSPS) is 14.2. The summed E-state index contributed by atoms with van der Waals surface area (Å²) in [5.41, 5.74) is 0.697. The van der Waals surface area contributed by atoms with Crippen molar-refractivity contribution in [3.8, 4) is 5.75 Å². The molecule has 0 atom stereocenters. The molecule has 30 heavy (non-hydrogen) atoms. The van der Waals surface area contributed by atoms with Gasteiger partial charge in [0.2, 0.25) is 5.91 Å². The molecule has 3 rings (SSSR count). The summed E-state index contributed by atoms with van der Waals surface area (Å²) in [7, 11) is 0. The average Bonchev–Trinajstić information content (AvgIpc) is 3.00. The molecule has 0 saturated carbocycles. The van der Waals surface area contributed by atoms with E-state index in [0.717, 1.165) is 12.2 Å². The standard InChI is InChI=1S/C22H25Cl2N3O3/c23-17-4-8-19(9-5-17)25-22(29)27-13-2-12-26(14-15-27)21(28)3-1-16-30-20-10-6-18(24)7-11-20/h4-11H,1-3,12-16H2,(H,25,29). The number of halogens is 2. The Balaban J connectivity index is 1.39. The molecule has 0 aliphatic carbocycles. The fourth-order valence-electron chi connectivity index (χ4n) is 3.21. The lowest BCUT2D eigenvalue weighted by atomic mass is 10.2. The van der Waals surface area contributed by atoms with Gasteiger partial charge in [-0.2, -0.15) is 0 Å². The van der Waals surface area contributed by atoms with Crippen LogP contribution in [0.1, 0.15) is 19.3 Å². The van der Waals surface area contributed by atoms with Crippen LogP contribution in [0.3, 0.4) is 0 Å². The van der Waals surface area contributed by atoms with Gasteiger partial charge >= 0.3 is 6.03 Å². The highest BCUT2D eigenvalue weighted by atomic mass is 35.5. The Bertz CT molecular complexity index is 844. The number of rotatable bonds is 6. The van der Waals surface area contributed by atoms with E-state index in [-0.39, 0.29) is 11.9 Å². The van der Waals surface area contributed by atoms with Crippen LogP contribution in [0.25, 0.3) is 0 Å². The van der Waals surface area contributed by atoms with Crippen LogP contribution >= 0.6 is 23.2 Å². The van der Waals surface area contributed by atoms with E-state index < -0.39 is 0 Å². The largest absolute Gasteiger partial charge is 0.494 e. The molecule has 3 amide bonds. The lowest BCUT2D eigenvalue weighted by molar-refractivity contribution is -0.131. The first-order chi connectivity index (χ1) is 14.5. The molecule has 1 aliphatic rings. The molecule has 1 aliphatic heterocycles. The van der Waals surface area contributed by atoms with Gasteiger partial charge in [0.1, 0.15) is 5.75 Å². The van der Waals surface area contributed by atoms with Gasteiger partial charge in [0.25, 0.3) is 0 Å². The van der Waals surface area contributed by atoms with Gasteiger partial charge in [-0.05, 0) is 61.4 Å². The highest BCUT2D eigenvalue weighted by Crippen LogP contribution is 2.17. The Kier molecular flexibility index (Phi) is 8.22. The number of hydrogen-bond acceptors (Lipinski definition) is 3. The van der Waals surface area contributed by atoms with Crippen molar-refractivity contribution in [3.05, 3.63) is 58.6 Å². The van der Waals surface area contributed by atoms with Crippen molar-refractivity contribution >= 4 is 40.8 Å². The first-order valence-electron chi connectivity index (χ1n) is 9.99. The van der Waals surface area contributed by atoms with Crippen LogP contribution in [-0.2, 0) is 4.79 Å². The van der Waals surface area contributed by atoms with Crippen LogP contribution in [0.2, 0.25) is 10.0 Å². The van der Waals surface area contributed by atoms with E-state index in [0.29, 0.717) is 61.4 Å². The maximum atomic E-state index is 12.5. The second-order valence-electron chi connectivity index (χ2n) is 7.06. The second-order valence-corrected chi connectivity index (χ2v) is 7.94. The third-order valence-electron chi connectivity index (χ3n) is 4.85. The minimum atomic E-state index is -0.164. The van der Waals surface area contributed by atoms with Crippen LogP contribution in [0, 0.1) is 0 Å². The fraction of sp³-hybridized carbons (Fsp3) is 0.364. The van der Waals surface area contributed by atoms with Gasteiger partial charge in [0.15, 0.2) is 0 Å². The number of hydrogen-bond donors (Lipinski definition) is 1. The predicted octanol–water partition coefficient (Wildman–Crippen LogP) is 4.92. The summed E-state index contributed by atoms with van der Waals surface area (Å²) in [5.74, 6) is 0.832. The van der Waals surface area contributed by atoms with Gasteiger partial charge in [-0.25, -0.2) is 4.79 Å². The van der Waals surface area contributed by atoms with Crippen molar-refractivity contribution in [1.29, 1.82) is 0 Å². The van der Waals surface area contributed by atoms with Gasteiger partial charge in [0.05, 0.1) is 6.61 Å². The van der Waals surface area contributed by atoms with Crippen molar-refractivity contribution in [3.63, 3.8) is 0 Å². The molecule has 1 fully saturated rings. The molecule has 6 nitrogen and oxygen atoms in total. The summed E-state index contributed by atoms with van der Waals surface area (Å²) in [5, 5.41) is 4.15. The molecule has 2 aromatic rings. The molecule has 1 N–H and O–H groups in total. The molecule has 1 heterocycles. The van der Waals surface area contributed by atoms with Crippen molar-refractivity contribution in [2.45, 2.75) is 19.3 Å². The highest BCUT2D eigenvalue weighted by molar-refractivity contribution is 6.30. The summed E-state index contributed by atoms with van der Waals surface area (Å²) in [6, 6.07) is 14.0. The van der Waals surface area contributed by atoms with Gasteiger partial charge in [-0.15, -0.1) is 0 Å². The van der Waals surface area contributed by atoms with Crippen LogP contribution in [0.15, 0.2) is 48.5 Å². The number of amides is 3.